The number of amides is 1. The first-order valence-electron chi connectivity index (χ1n) is 7.96. The van der Waals surface area contributed by atoms with Crippen molar-refractivity contribution in [3.05, 3.63) is 34.1 Å². The summed E-state index contributed by atoms with van der Waals surface area (Å²) in [6.07, 6.45) is 2.53. The molecule has 3 rings (SSSR count). The maximum atomic E-state index is 11.1. The predicted octanol–water partition coefficient (Wildman–Crippen LogP) is 3.51. The Hall–Kier alpha value is -1.44. The monoisotopic (exact) mass is 400 g/mol. The Morgan fingerprint density at radius 3 is 2.84 bits per heavy atom. The maximum absolute atomic E-state index is 11.1. The number of hydrogen-bond donors (Lipinski definition) is 1. The highest BCUT2D eigenvalue weighted by Crippen LogP contribution is 2.40. The minimum Gasteiger partial charge on any atom is -0.491 e. The molecule has 1 aromatic carbocycles. The molecule has 2 aromatic rings. The Morgan fingerprint density at radius 2 is 2.16 bits per heavy atom. The van der Waals surface area contributed by atoms with Crippen molar-refractivity contribution in [3.63, 3.8) is 0 Å². The van der Waals surface area contributed by atoms with Gasteiger partial charge in [-0.2, -0.15) is 0 Å². The van der Waals surface area contributed by atoms with E-state index in [1.54, 1.807) is 18.2 Å². The Balaban J connectivity index is 1.56. The standard InChI is InChI=1S/C16H18Cl2N4O2S/c17-11-3-4-13(12(18)9-11)24-7-8-25-16-21-20-15(10-1-2-10)22(16)6-5-14(19)23/h3-4,9-10H,1-2,5-8H2,(H2,19,23). The maximum Gasteiger partial charge on any atom is 0.219 e. The van der Waals surface area contributed by atoms with E-state index in [0.29, 0.717) is 40.6 Å². The van der Waals surface area contributed by atoms with Gasteiger partial charge >= 0.3 is 0 Å². The number of benzene rings is 1. The van der Waals surface area contributed by atoms with E-state index >= 15 is 0 Å². The number of halogens is 2. The second kappa shape index (κ2) is 8.29. The fourth-order valence-corrected chi connectivity index (χ4v) is 3.61. The molecule has 2 N–H and O–H groups in total. The van der Waals surface area contributed by atoms with Crippen molar-refractivity contribution >= 4 is 40.9 Å². The lowest BCUT2D eigenvalue weighted by molar-refractivity contribution is -0.118. The lowest BCUT2D eigenvalue weighted by Crippen LogP contribution is -2.15. The number of thioether (sulfide) groups is 1. The molecule has 1 aliphatic rings. The van der Waals surface area contributed by atoms with Crippen molar-refractivity contribution in [1.82, 2.24) is 14.8 Å². The van der Waals surface area contributed by atoms with Gasteiger partial charge in [0.15, 0.2) is 5.16 Å². The van der Waals surface area contributed by atoms with Crippen LogP contribution >= 0.6 is 35.0 Å². The van der Waals surface area contributed by atoms with Crippen LogP contribution in [0.5, 0.6) is 5.75 Å². The van der Waals surface area contributed by atoms with E-state index in [9.17, 15) is 4.79 Å². The molecular weight excluding hydrogens is 383 g/mol. The minimum atomic E-state index is -0.327. The summed E-state index contributed by atoms with van der Waals surface area (Å²) >= 11 is 13.5. The first kappa shape index (κ1) is 18.4. The first-order valence-corrected chi connectivity index (χ1v) is 9.71. The summed E-state index contributed by atoms with van der Waals surface area (Å²) in [5, 5.41) is 10.4. The molecule has 0 atom stereocenters. The predicted molar refractivity (Wildman–Crippen MR) is 98.5 cm³/mol. The van der Waals surface area contributed by atoms with E-state index in [-0.39, 0.29) is 12.3 Å². The zero-order chi connectivity index (χ0) is 17.8. The van der Waals surface area contributed by atoms with Crippen LogP contribution in [0.25, 0.3) is 0 Å². The molecule has 1 heterocycles. The zero-order valence-electron chi connectivity index (χ0n) is 13.5. The normalized spacial score (nSPS) is 13.8. The van der Waals surface area contributed by atoms with Gasteiger partial charge in [0.1, 0.15) is 11.6 Å². The summed E-state index contributed by atoms with van der Waals surface area (Å²) in [5.41, 5.74) is 5.27. The molecule has 25 heavy (non-hydrogen) atoms. The van der Waals surface area contributed by atoms with Crippen molar-refractivity contribution in [2.45, 2.75) is 36.9 Å². The molecule has 6 nitrogen and oxygen atoms in total. The van der Waals surface area contributed by atoms with E-state index in [0.717, 1.165) is 23.8 Å². The van der Waals surface area contributed by atoms with Gasteiger partial charge in [-0.15, -0.1) is 10.2 Å². The molecule has 1 fully saturated rings. The van der Waals surface area contributed by atoms with Gasteiger partial charge in [-0.25, -0.2) is 0 Å². The molecule has 0 aliphatic heterocycles. The van der Waals surface area contributed by atoms with Crippen molar-refractivity contribution in [2.75, 3.05) is 12.4 Å². The molecule has 9 heteroatoms. The van der Waals surface area contributed by atoms with Gasteiger partial charge in [-0.3, -0.25) is 4.79 Å². The van der Waals surface area contributed by atoms with Gasteiger partial charge in [0, 0.05) is 29.7 Å². The number of nitrogens with zero attached hydrogens (tertiary/aromatic N) is 3. The third kappa shape index (κ3) is 5.03. The molecule has 134 valence electrons. The number of rotatable bonds is 9. The summed E-state index contributed by atoms with van der Waals surface area (Å²) in [6, 6.07) is 5.13. The molecule has 1 aliphatic carbocycles. The van der Waals surface area contributed by atoms with Crippen LogP contribution in [0.15, 0.2) is 23.4 Å². The molecule has 0 spiro atoms. The summed E-state index contributed by atoms with van der Waals surface area (Å²) in [7, 11) is 0. The quantitative estimate of drug-likeness (QED) is 0.514. The third-order valence-electron chi connectivity index (χ3n) is 3.74. The molecule has 0 saturated heterocycles. The Labute approximate surface area is 160 Å². The summed E-state index contributed by atoms with van der Waals surface area (Å²) < 4.78 is 7.68. The average Bonchev–Trinajstić information content (AvgIpc) is 3.32. The topological polar surface area (TPSA) is 83.0 Å². The first-order chi connectivity index (χ1) is 12.0. The van der Waals surface area contributed by atoms with Crippen LogP contribution in [-0.4, -0.2) is 33.0 Å². The average molecular weight is 401 g/mol. The van der Waals surface area contributed by atoms with Crippen LogP contribution < -0.4 is 10.5 Å². The minimum absolute atomic E-state index is 0.280. The SMILES string of the molecule is NC(=O)CCn1c(SCCOc2ccc(Cl)cc2Cl)nnc1C1CC1. The van der Waals surface area contributed by atoms with Gasteiger partial charge in [0.25, 0.3) is 0 Å². The van der Waals surface area contributed by atoms with Crippen molar-refractivity contribution in [3.8, 4) is 5.75 Å². The largest absolute Gasteiger partial charge is 0.491 e. The Kier molecular flexibility index (Phi) is 6.09. The zero-order valence-corrected chi connectivity index (χ0v) is 15.8. The lowest BCUT2D eigenvalue weighted by Gasteiger charge is -2.10. The molecular formula is C16H18Cl2N4O2S. The molecule has 0 unspecified atom stereocenters. The molecule has 0 radical (unpaired) electrons. The van der Waals surface area contributed by atoms with Gasteiger partial charge < -0.3 is 15.0 Å². The Morgan fingerprint density at radius 1 is 1.36 bits per heavy atom. The highest BCUT2D eigenvalue weighted by molar-refractivity contribution is 7.99. The smallest absolute Gasteiger partial charge is 0.219 e. The van der Waals surface area contributed by atoms with Crippen LogP contribution in [0.4, 0.5) is 0 Å². The number of ether oxygens (including phenoxy) is 1. The summed E-state index contributed by atoms with van der Waals surface area (Å²) in [4.78, 5) is 11.1. The molecule has 1 aromatic heterocycles. The van der Waals surface area contributed by atoms with Crippen molar-refractivity contribution in [1.29, 1.82) is 0 Å². The highest BCUT2D eigenvalue weighted by Gasteiger charge is 2.30. The number of nitrogens with two attached hydrogens (primary N) is 1. The second-order valence-corrected chi connectivity index (χ2v) is 7.66. The van der Waals surface area contributed by atoms with Gasteiger partial charge in [-0.05, 0) is 31.0 Å². The van der Waals surface area contributed by atoms with E-state index in [2.05, 4.69) is 10.2 Å². The van der Waals surface area contributed by atoms with Gasteiger partial charge in [-0.1, -0.05) is 35.0 Å². The summed E-state index contributed by atoms with van der Waals surface area (Å²) in [5.74, 6) is 2.36. The highest BCUT2D eigenvalue weighted by atomic mass is 35.5. The number of carbonyl (C=O) groups excluding carboxylic acids is 1. The van der Waals surface area contributed by atoms with E-state index in [1.807, 2.05) is 4.57 Å². The second-order valence-electron chi connectivity index (χ2n) is 5.75. The van der Waals surface area contributed by atoms with E-state index < -0.39 is 0 Å². The number of hydrogen-bond acceptors (Lipinski definition) is 5. The van der Waals surface area contributed by atoms with Crippen molar-refractivity contribution in [2.24, 2.45) is 5.73 Å². The lowest BCUT2D eigenvalue weighted by atomic mass is 10.3. The van der Waals surface area contributed by atoms with Crippen LogP contribution in [0.1, 0.15) is 31.0 Å². The van der Waals surface area contributed by atoms with Crippen molar-refractivity contribution < 1.29 is 9.53 Å². The fourth-order valence-electron chi connectivity index (χ4n) is 2.36. The van der Waals surface area contributed by atoms with Gasteiger partial charge in [0.2, 0.25) is 5.91 Å². The number of primary amides is 1. The summed E-state index contributed by atoms with van der Waals surface area (Å²) in [6.45, 7) is 0.980. The van der Waals surface area contributed by atoms with E-state index in [1.165, 1.54) is 11.8 Å². The molecule has 1 amide bonds. The number of carbonyl (C=O) groups is 1. The van der Waals surface area contributed by atoms with Crippen LogP contribution in [0.2, 0.25) is 10.0 Å². The van der Waals surface area contributed by atoms with Crippen LogP contribution in [0.3, 0.4) is 0 Å². The van der Waals surface area contributed by atoms with Gasteiger partial charge in [0.05, 0.1) is 11.6 Å². The Bertz CT molecular complexity index is 765. The fraction of sp³-hybridized carbons (Fsp3) is 0.438. The van der Waals surface area contributed by atoms with Crippen LogP contribution in [0, 0.1) is 0 Å². The van der Waals surface area contributed by atoms with E-state index in [4.69, 9.17) is 33.7 Å². The van der Waals surface area contributed by atoms with Crippen LogP contribution in [-0.2, 0) is 11.3 Å². The molecule has 0 bridgehead atoms. The third-order valence-corrected chi connectivity index (χ3v) is 5.20. The number of aromatic nitrogens is 3. The molecule has 1 saturated carbocycles.